The summed E-state index contributed by atoms with van der Waals surface area (Å²) in [6.07, 6.45) is 17.5. The second-order valence-electron chi connectivity index (χ2n) is 9.25. The molecule has 30 heavy (non-hydrogen) atoms. The summed E-state index contributed by atoms with van der Waals surface area (Å²) in [5.74, 6) is 1.38. The van der Waals surface area contributed by atoms with Gasteiger partial charge in [0.25, 0.3) is 0 Å². The molecule has 160 valence electrons. The summed E-state index contributed by atoms with van der Waals surface area (Å²) in [6, 6.07) is 20.0. The third kappa shape index (κ3) is 7.02. The lowest BCUT2D eigenvalue weighted by molar-refractivity contribution is 0.396. The Morgan fingerprint density at radius 3 is 1.63 bits per heavy atom. The number of unbranched alkanes of at least 4 members (excludes halogenated alkanes) is 7. The van der Waals surface area contributed by atoms with Gasteiger partial charge in [0.15, 0.2) is 0 Å². The van der Waals surface area contributed by atoms with Gasteiger partial charge < -0.3 is 0 Å². The van der Waals surface area contributed by atoms with Crippen molar-refractivity contribution in [3.8, 4) is 6.07 Å². The zero-order chi connectivity index (χ0) is 21.0. The second kappa shape index (κ2) is 12.6. The van der Waals surface area contributed by atoms with Crippen molar-refractivity contribution in [1.82, 2.24) is 0 Å². The summed E-state index contributed by atoms with van der Waals surface area (Å²) in [4.78, 5) is 0. The van der Waals surface area contributed by atoms with Crippen LogP contribution in [0.4, 0.5) is 0 Å². The fraction of sp³-hybridized carbons (Fsp3) is 0.552. The summed E-state index contributed by atoms with van der Waals surface area (Å²) in [5, 5.41) is 8.98. The fourth-order valence-corrected chi connectivity index (χ4v) is 5.01. The molecule has 3 rings (SSSR count). The van der Waals surface area contributed by atoms with E-state index in [1.54, 1.807) is 0 Å². The Kier molecular flexibility index (Phi) is 9.49. The maximum atomic E-state index is 8.98. The van der Waals surface area contributed by atoms with Gasteiger partial charge in [-0.25, -0.2) is 0 Å². The van der Waals surface area contributed by atoms with E-state index < -0.39 is 0 Å². The molecular formula is C29H39N. The van der Waals surface area contributed by atoms with Crippen LogP contribution in [0.15, 0.2) is 48.5 Å². The first kappa shape index (κ1) is 22.6. The Balaban J connectivity index is 1.36. The summed E-state index contributed by atoms with van der Waals surface area (Å²) in [5.41, 5.74) is 5.22. The van der Waals surface area contributed by atoms with Gasteiger partial charge in [0.2, 0.25) is 0 Å². The number of nitriles is 1. The predicted octanol–water partition coefficient (Wildman–Crippen LogP) is 8.68. The normalized spacial score (nSPS) is 18.8. The second-order valence-corrected chi connectivity index (χ2v) is 9.25. The zero-order valence-corrected chi connectivity index (χ0v) is 18.9. The van der Waals surface area contributed by atoms with Crippen molar-refractivity contribution in [2.75, 3.05) is 0 Å². The van der Waals surface area contributed by atoms with Gasteiger partial charge >= 0.3 is 0 Å². The largest absolute Gasteiger partial charge is 0.192 e. The molecule has 0 atom stereocenters. The standard InChI is InChI=1S/C29H39N/c1-2-3-4-5-6-7-8-9-10-24-11-15-26(16-12-24)28-19-21-29(22-20-28)27-17-13-25(23-30)14-18-27/h11-18,28-29H,2-10,19-22H2,1H3/t28-,29-. The Hall–Kier alpha value is -2.07. The third-order valence-corrected chi connectivity index (χ3v) is 7.01. The molecule has 0 bridgehead atoms. The maximum absolute atomic E-state index is 8.98. The molecule has 1 saturated carbocycles. The minimum Gasteiger partial charge on any atom is -0.192 e. The Morgan fingerprint density at radius 1 is 0.667 bits per heavy atom. The number of aryl methyl sites for hydroxylation is 1. The Bertz CT molecular complexity index is 758. The van der Waals surface area contributed by atoms with E-state index in [0.29, 0.717) is 5.92 Å². The molecule has 1 aliphatic rings. The summed E-state index contributed by atoms with van der Waals surface area (Å²) < 4.78 is 0. The molecule has 1 nitrogen and oxygen atoms in total. The fourth-order valence-electron chi connectivity index (χ4n) is 5.01. The lowest BCUT2D eigenvalue weighted by Gasteiger charge is -2.29. The molecule has 0 aromatic heterocycles. The maximum Gasteiger partial charge on any atom is 0.0991 e. The van der Waals surface area contributed by atoms with E-state index in [1.165, 1.54) is 100 Å². The highest BCUT2D eigenvalue weighted by Crippen LogP contribution is 2.40. The molecule has 1 aliphatic carbocycles. The van der Waals surface area contributed by atoms with E-state index in [0.717, 1.165) is 11.5 Å². The van der Waals surface area contributed by atoms with Crippen molar-refractivity contribution in [2.24, 2.45) is 0 Å². The smallest absolute Gasteiger partial charge is 0.0991 e. The van der Waals surface area contributed by atoms with Gasteiger partial charge in [0.1, 0.15) is 0 Å². The Morgan fingerprint density at radius 2 is 1.13 bits per heavy atom. The average Bonchev–Trinajstić information content (AvgIpc) is 2.81. The van der Waals surface area contributed by atoms with Crippen LogP contribution >= 0.6 is 0 Å². The number of hydrogen-bond acceptors (Lipinski definition) is 1. The van der Waals surface area contributed by atoms with Gasteiger partial charge in [0, 0.05) is 0 Å². The molecule has 0 radical (unpaired) electrons. The van der Waals surface area contributed by atoms with Crippen LogP contribution in [0.1, 0.15) is 118 Å². The van der Waals surface area contributed by atoms with Gasteiger partial charge in [-0.05, 0) is 79.2 Å². The third-order valence-electron chi connectivity index (χ3n) is 7.01. The van der Waals surface area contributed by atoms with Crippen LogP contribution in [-0.4, -0.2) is 0 Å². The van der Waals surface area contributed by atoms with Gasteiger partial charge in [-0.3, -0.25) is 0 Å². The number of rotatable bonds is 11. The molecule has 0 heterocycles. The molecule has 0 N–H and O–H groups in total. The first-order chi connectivity index (χ1) is 14.8. The van der Waals surface area contributed by atoms with Crippen molar-refractivity contribution in [2.45, 2.75) is 102 Å². The van der Waals surface area contributed by atoms with Crippen LogP contribution in [0.25, 0.3) is 0 Å². The highest BCUT2D eigenvalue weighted by Gasteiger charge is 2.23. The molecular weight excluding hydrogens is 362 g/mol. The number of hydrogen-bond donors (Lipinski definition) is 0. The number of nitrogens with zero attached hydrogens (tertiary/aromatic N) is 1. The van der Waals surface area contributed by atoms with Crippen molar-refractivity contribution >= 4 is 0 Å². The number of benzene rings is 2. The quantitative estimate of drug-likeness (QED) is 0.345. The van der Waals surface area contributed by atoms with E-state index >= 15 is 0 Å². The van der Waals surface area contributed by atoms with Gasteiger partial charge in [-0.2, -0.15) is 5.26 Å². The highest BCUT2D eigenvalue weighted by molar-refractivity contribution is 5.33. The van der Waals surface area contributed by atoms with E-state index in [9.17, 15) is 0 Å². The minimum absolute atomic E-state index is 0.662. The van der Waals surface area contributed by atoms with Crippen LogP contribution in [0.2, 0.25) is 0 Å². The molecule has 0 amide bonds. The topological polar surface area (TPSA) is 23.8 Å². The first-order valence-corrected chi connectivity index (χ1v) is 12.4. The van der Waals surface area contributed by atoms with Crippen molar-refractivity contribution in [1.29, 1.82) is 5.26 Å². The van der Waals surface area contributed by atoms with E-state index in [1.807, 2.05) is 12.1 Å². The molecule has 0 unspecified atom stereocenters. The van der Waals surface area contributed by atoms with Gasteiger partial charge in [-0.15, -0.1) is 0 Å². The molecule has 2 aromatic rings. The van der Waals surface area contributed by atoms with Crippen LogP contribution < -0.4 is 0 Å². The summed E-state index contributed by atoms with van der Waals surface area (Å²) in [7, 11) is 0. The van der Waals surface area contributed by atoms with E-state index in [2.05, 4.69) is 49.4 Å². The lowest BCUT2D eigenvalue weighted by atomic mass is 9.76. The molecule has 1 fully saturated rings. The molecule has 2 aromatic carbocycles. The monoisotopic (exact) mass is 401 g/mol. The summed E-state index contributed by atoms with van der Waals surface area (Å²) in [6.45, 7) is 2.29. The summed E-state index contributed by atoms with van der Waals surface area (Å²) >= 11 is 0. The zero-order valence-electron chi connectivity index (χ0n) is 18.9. The first-order valence-electron chi connectivity index (χ1n) is 12.4. The van der Waals surface area contributed by atoms with Crippen LogP contribution in [0.5, 0.6) is 0 Å². The average molecular weight is 402 g/mol. The molecule has 0 saturated heterocycles. The van der Waals surface area contributed by atoms with E-state index in [-0.39, 0.29) is 0 Å². The van der Waals surface area contributed by atoms with Gasteiger partial charge in [0.05, 0.1) is 11.6 Å². The van der Waals surface area contributed by atoms with Crippen molar-refractivity contribution < 1.29 is 0 Å². The lowest BCUT2D eigenvalue weighted by Crippen LogP contribution is -2.12. The van der Waals surface area contributed by atoms with Crippen LogP contribution in [0, 0.1) is 11.3 Å². The van der Waals surface area contributed by atoms with Crippen molar-refractivity contribution in [3.05, 3.63) is 70.8 Å². The van der Waals surface area contributed by atoms with Crippen LogP contribution in [-0.2, 0) is 6.42 Å². The predicted molar refractivity (Wildman–Crippen MR) is 128 cm³/mol. The van der Waals surface area contributed by atoms with Gasteiger partial charge in [-0.1, -0.05) is 88.3 Å². The molecule has 0 spiro atoms. The van der Waals surface area contributed by atoms with Crippen molar-refractivity contribution in [3.63, 3.8) is 0 Å². The van der Waals surface area contributed by atoms with E-state index in [4.69, 9.17) is 5.26 Å². The molecule has 0 aliphatic heterocycles. The van der Waals surface area contributed by atoms with Crippen LogP contribution in [0.3, 0.4) is 0 Å². The minimum atomic E-state index is 0.662. The highest BCUT2D eigenvalue weighted by atomic mass is 14.3. The molecule has 1 heteroatoms. The SMILES string of the molecule is CCCCCCCCCCc1ccc([C@H]2CC[C@H](c3ccc(C#N)cc3)CC2)cc1. The Labute approximate surface area is 184 Å².